The van der Waals surface area contributed by atoms with Gasteiger partial charge in [-0.25, -0.2) is 13.4 Å². The van der Waals surface area contributed by atoms with Gasteiger partial charge in [-0.1, -0.05) is 17.7 Å². The minimum absolute atomic E-state index is 0.00547. The Hall–Kier alpha value is -0.430. The molecule has 0 aliphatic rings. The van der Waals surface area contributed by atoms with Crippen LogP contribution in [-0.2, 0) is 10.0 Å². The van der Waals surface area contributed by atoms with E-state index in [1.54, 1.807) is 13.8 Å². The Morgan fingerprint density at radius 1 is 1.61 bits per heavy atom. The van der Waals surface area contributed by atoms with Crippen LogP contribution in [0, 0.1) is 0 Å². The van der Waals surface area contributed by atoms with Crippen LogP contribution in [0.15, 0.2) is 34.3 Å². The van der Waals surface area contributed by atoms with E-state index in [0.29, 0.717) is 4.47 Å². The van der Waals surface area contributed by atoms with Crippen LogP contribution < -0.4 is 0 Å². The number of hydrogen-bond acceptors (Lipinski definition) is 3. The molecule has 0 N–H and O–H groups in total. The summed E-state index contributed by atoms with van der Waals surface area (Å²) in [5, 5.41) is -0.0343. The molecule has 1 rings (SSSR count). The summed E-state index contributed by atoms with van der Waals surface area (Å²) in [6.07, 6.45) is 2.99. The maximum absolute atomic E-state index is 12.5. The van der Waals surface area contributed by atoms with E-state index in [9.17, 15) is 8.42 Å². The highest BCUT2D eigenvalue weighted by molar-refractivity contribution is 9.10. The van der Waals surface area contributed by atoms with Crippen molar-refractivity contribution in [2.24, 2.45) is 0 Å². The van der Waals surface area contributed by atoms with E-state index < -0.39 is 10.0 Å². The lowest BCUT2D eigenvalue weighted by Crippen LogP contribution is -2.37. The molecule has 1 aromatic rings. The highest BCUT2D eigenvalue weighted by Gasteiger charge is 2.28. The van der Waals surface area contributed by atoms with E-state index in [0.717, 1.165) is 0 Å². The minimum Gasteiger partial charge on any atom is -0.242 e. The lowest BCUT2D eigenvalue weighted by molar-refractivity contribution is 0.382. The van der Waals surface area contributed by atoms with Crippen LogP contribution in [0.4, 0.5) is 0 Å². The van der Waals surface area contributed by atoms with Gasteiger partial charge in [0, 0.05) is 23.3 Å². The van der Waals surface area contributed by atoms with Crippen molar-refractivity contribution in [2.45, 2.75) is 24.8 Å². The molecule has 0 saturated carbocycles. The topological polar surface area (TPSA) is 50.3 Å². The van der Waals surface area contributed by atoms with Crippen LogP contribution in [0.5, 0.6) is 0 Å². The number of nitrogens with zero attached hydrogens (tertiary/aromatic N) is 2. The van der Waals surface area contributed by atoms with Crippen molar-refractivity contribution in [1.82, 2.24) is 9.29 Å². The average Bonchev–Trinajstić information content (AvgIpc) is 2.28. The molecule has 0 saturated heterocycles. The van der Waals surface area contributed by atoms with Gasteiger partial charge >= 0.3 is 0 Å². The Balaban J connectivity index is 3.35. The lowest BCUT2D eigenvalue weighted by Gasteiger charge is -2.24. The molecule has 7 heteroatoms. The first-order chi connectivity index (χ1) is 8.30. The molecule has 0 aliphatic heterocycles. The molecular formula is C11H14BrClN2O2S. The molecule has 18 heavy (non-hydrogen) atoms. The molecule has 0 amide bonds. The van der Waals surface area contributed by atoms with Gasteiger partial charge in [0.05, 0.1) is 0 Å². The van der Waals surface area contributed by atoms with Crippen molar-refractivity contribution in [1.29, 1.82) is 0 Å². The van der Waals surface area contributed by atoms with Crippen LogP contribution in [0.3, 0.4) is 0 Å². The SMILES string of the molecule is C=CCN(C(C)C)S(=O)(=O)c1cc(Br)cnc1Cl. The number of sulfonamides is 1. The number of aromatic nitrogens is 1. The second kappa shape index (κ2) is 6.14. The zero-order chi connectivity index (χ0) is 13.9. The molecule has 0 aliphatic carbocycles. The largest absolute Gasteiger partial charge is 0.246 e. The van der Waals surface area contributed by atoms with Gasteiger partial charge in [0.25, 0.3) is 0 Å². The molecule has 4 nitrogen and oxygen atoms in total. The summed E-state index contributed by atoms with van der Waals surface area (Å²) in [6, 6.07) is 1.26. The maximum Gasteiger partial charge on any atom is 0.246 e. The van der Waals surface area contributed by atoms with E-state index in [-0.39, 0.29) is 22.6 Å². The van der Waals surface area contributed by atoms with Gasteiger partial charge in [-0.05, 0) is 35.8 Å². The molecule has 0 bridgehead atoms. The second-order valence-electron chi connectivity index (χ2n) is 3.90. The van der Waals surface area contributed by atoms with E-state index in [4.69, 9.17) is 11.6 Å². The van der Waals surface area contributed by atoms with E-state index >= 15 is 0 Å². The molecule has 1 aromatic heterocycles. The van der Waals surface area contributed by atoms with Crippen molar-refractivity contribution in [2.75, 3.05) is 6.54 Å². The zero-order valence-corrected chi connectivity index (χ0v) is 13.3. The molecule has 0 spiro atoms. The van der Waals surface area contributed by atoms with Crippen LogP contribution in [0.25, 0.3) is 0 Å². The predicted octanol–water partition coefficient (Wildman–Crippen LogP) is 3.08. The molecule has 0 atom stereocenters. The van der Waals surface area contributed by atoms with Crippen molar-refractivity contribution < 1.29 is 8.42 Å². The van der Waals surface area contributed by atoms with Crippen molar-refractivity contribution >= 4 is 37.6 Å². The van der Waals surface area contributed by atoms with Gasteiger partial charge in [-0.2, -0.15) is 4.31 Å². The quantitative estimate of drug-likeness (QED) is 0.604. The highest BCUT2D eigenvalue weighted by Crippen LogP contribution is 2.26. The normalized spacial score (nSPS) is 12.1. The van der Waals surface area contributed by atoms with Crippen LogP contribution >= 0.6 is 27.5 Å². The van der Waals surface area contributed by atoms with Gasteiger partial charge < -0.3 is 0 Å². The van der Waals surface area contributed by atoms with E-state index in [1.807, 2.05) is 0 Å². The standard InChI is InChI=1S/C11H14BrClN2O2S/c1-4-5-15(8(2)3)18(16,17)10-6-9(12)7-14-11(10)13/h4,6-8H,1,5H2,2-3H3. The molecule has 1 heterocycles. The number of hydrogen-bond donors (Lipinski definition) is 0. The molecule has 100 valence electrons. The Morgan fingerprint density at radius 3 is 2.72 bits per heavy atom. The minimum atomic E-state index is -3.68. The molecule has 0 aromatic carbocycles. The summed E-state index contributed by atoms with van der Waals surface area (Å²) in [5.74, 6) is 0. The molecule has 0 fully saturated rings. The lowest BCUT2D eigenvalue weighted by atomic mass is 10.4. The van der Waals surface area contributed by atoms with Crippen molar-refractivity contribution in [3.05, 3.63) is 34.5 Å². The van der Waals surface area contributed by atoms with Gasteiger partial charge in [-0.15, -0.1) is 6.58 Å². The summed E-state index contributed by atoms with van der Waals surface area (Å²) in [6.45, 7) is 7.38. The third-order valence-corrected chi connectivity index (χ3v) is 5.15. The second-order valence-corrected chi connectivity index (χ2v) is 7.03. The third-order valence-electron chi connectivity index (χ3n) is 2.25. The zero-order valence-electron chi connectivity index (χ0n) is 10.1. The Labute approximate surface area is 121 Å². The monoisotopic (exact) mass is 352 g/mol. The van der Waals surface area contributed by atoms with Gasteiger partial charge in [0.1, 0.15) is 10.0 Å². The first kappa shape index (κ1) is 15.6. The van der Waals surface area contributed by atoms with Gasteiger partial charge in [-0.3, -0.25) is 0 Å². The number of halogens is 2. The maximum atomic E-state index is 12.5. The average molecular weight is 354 g/mol. The van der Waals surface area contributed by atoms with Gasteiger partial charge in [0.2, 0.25) is 10.0 Å². The van der Waals surface area contributed by atoms with Crippen LogP contribution in [0.2, 0.25) is 5.15 Å². The summed E-state index contributed by atoms with van der Waals surface area (Å²) in [7, 11) is -3.68. The molecular weight excluding hydrogens is 340 g/mol. The molecule has 0 unspecified atom stereocenters. The first-order valence-corrected chi connectivity index (χ1v) is 7.85. The first-order valence-electron chi connectivity index (χ1n) is 5.24. The fourth-order valence-electron chi connectivity index (χ4n) is 1.42. The smallest absolute Gasteiger partial charge is 0.242 e. The highest BCUT2D eigenvalue weighted by atomic mass is 79.9. The fourth-order valence-corrected chi connectivity index (χ4v) is 3.95. The summed E-state index contributed by atoms with van der Waals surface area (Å²) < 4.78 is 26.8. The van der Waals surface area contributed by atoms with E-state index in [1.165, 1.54) is 22.6 Å². The Kier molecular flexibility index (Phi) is 5.33. The van der Waals surface area contributed by atoms with Crippen LogP contribution in [-0.4, -0.2) is 30.3 Å². The number of rotatable bonds is 5. The van der Waals surface area contributed by atoms with Crippen molar-refractivity contribution in [3.63, 3.8) is 0 Å². The number of pyridine rings is 1. The third kappa shape index (κ3) is 3.32. The fraction of sp³-hybridized carbons (Fsp3) is 0.364. The van der Waals surface area contributed by atoms with Crippen LogP contribution in [0.1, 0.15) is 13.8 Å². The summed E-state index contributed by atoms with van der Waals surface area (Å²) in [5.41, 5.74) is 0. The Bertz CT molecular complexity index is 546. The van der Waals surface area contributed by atoms with E-state index in [2.05, 4.69) is 27.5 Å². The Morgan fingerprint density at radius 2 is 2.22 bits per heavy atom. The predicted molar refractivity (Wildman–Crippen MR) is 76.2 cm³/mol. The van der Waals surface area contributed by atoms with Crippen molar-refractivity contribution in [3.8, 4) is 0 Å². The molecule has 0 radical (unpaired) electrons. The summed E-state index contributed by atoms with van der Waals surface area (Å²) >= 11 is 9.06. The summed E-state index contributed by atoms with van der Waals surface area (Å²) in [4.78, 5) is 3.83. The van der Waals surface area contributed by atoms with Gasteiger partial charge in [0.15, 0.2) is 0 Å².